The third kappa shape index (κ3) is 3.69. The van der Waals surface area contributed by atoms with E-state index in [1.165, 1.54) is 38.5 Å². The molecular weight excluding hydrogens is 210 g/mol. The summed E-state index contributed by atoms with van der Waals surface area (Å²) in [5.74, 6) is 1.58. The van der Waals surface area contributed by atoms with Gasteiger partial charge in [-0.2, -0.15) is 0 Å². The summed E-state index contributed by atoms with van der Waals surface area (Å²) in [4.78, 5) is 0. The van der Waals surface area contributed by atoms with E-state index >= 15 is 0 Å². The van der Waals surface area contributed by atoms with Gasteiger partial charge in [0.25, 0.3) is 0 Å². The molecular formula is C15H29NO. The van der Waals surface area contributed by atoms with Gasteiger partial charge in [0.1, 0.15) is 0 Å². The van der Waals surface area contributed by atoms with Crippen LogP contribution in [0.15, 0.2) is 0 Å². The fourth-order valence-corrected chi connectivity index (χ4v) is 3.41. The first-order valence-corrected chi connectivity index (χ1v) is 7.54. The van der Waals surface area contributed by atoms with Gasteiger partial charge in [-0.3, -0.25) is 0 Å². The van der Waals surface area contributed by atoms with Gasteiger partial charge in [0.05, 0.1) is 6.10 Å². The third-order valence-corrected chi connectivity index (χ3v) is 4.66. The monoisotopic (exact) mass is 239 g/mol. The van der Waals surface area contributed by atoms with Gasteiger partial charge in [0, 0.05) is 18.7 Å². The van der Waals surface area contributed by atoms with Crippen molar-refractivity contribution in [2.75, 3.05) is 6.61 Å². The van der Waals surface area contributed by atoms with E-state index in [1.54, 1.807) is 0 Å². The smallest absolute Gasteiger partial charge is 0.0612 e. The predicted molar refractivity (Wildman–Crippen MR) is 72.2 cm³/mol. The molecule has 0 aromatic heterocycles. The van der Waals surface area contributed by atoms with Crippen LogP contribution in [0.25, 0.3) is 0 Å². The summed E-state index contributed by atoms with van der Waals surface area (Å²) in [6.45, 7) is 7.87. The highest BCUT2D eigenvalue weighted by Crippen LogP contribution is 2.29. The number of hydrogen-bond acceptors (Lipinski definition) is 2. The molecule has 2 fully saturated rings. The van der Waals surface area contributed by atoms with E-state index < -0.39 is 0 Å². The van der Waals surface area contributed by atoms with Crippen molar-refractivity contribution in [1.29, 1.82) is 0 Å². The van der Waals surface area contributed by atoms with Crippen molar-refractivity contribution in [3.05, 3.63) is 0 Å². The topological polar surface area (TPSA) is 21.3 Å². The van der Waals surface area contributed by atoms with Crippen LogP contribution >= 0.6 is 0 Å². The normalized spacial score (nSPS) is 33.2. The Balaban J connectivity index is 1.77. The maximum atomic E-state index is 5.84. The largest absolute Gasteiger partial charge is 0.378 e. The molecule has 1 N–H and O–H groups in total. The molecule has 17 heavy (non-hydrogen) atoms. The second kappa shape index (κ2) is 6.19. The van der Waals surface area contributed by atoms with Crippen molar-refractivity contribution < 1.29 is 4.74 Å². The van der Waals surface area contributed by atoms with Gasteiger partial charge in [-0.1, -0.05) is 26.7 Å². The van der Waals surface area contributed by atoms with Crippen molar-refractivity contribution in [2.24, 2.45) is 11.8 Å². The van der Waals surface area contributed by atoms with E-state index in [2.05, 4.69) is 26.1 Å². The molecule has 0 aromatic carbocycles. The average molecular weight is 239 g/mol. The lowest BCUT2D eigenvalue weighted by Crippen LogP contribution is -2.46. The van der Waals surface area contributed by atoms with E-state index in [4.69, 9.17) is 4.74 Å². The zero-order chi connectivity index (χ0) is 12.3. The van der Waals surface area contributed by atoms with Crippen LogP contribution in [0.2, 0.25) is 0 Å². The predicted octanol–water partition coefficient (Wildman–Crippen LogP) is 3.36. The van der Waals surface area contributed by atoms with Gasteiger partial charge in [0.2, 0.25) is 0 Å². The Hall–Kier alpha value is -0.0800. The second-order valence-electron chi connectivity index (χ2n) is 6.37. The van der Waals surface area contributed by atoms with Crippen LogP contribution in [0.3, 0.4) is 0 Å². The fraction of sp³-hybridized carbons (Fsp3) is 1.00. The van der Waals surface area contributed by atoms with Gasteiger partial charge in [-0.15, -0.1) is 0 Å². The van der Waals surface area contributed by atoms with Crippen LogP contribution in [-0.2, 0) is 4.74 Å². The lowest BCUT2D eigenvalue weighted by atomic mass is 9.93. The zero-order valence-corrected chi connectivity index (χ0v) is 11.7. The van der Waals surface area contributed by atoms with Gasteiger partial charge in [-0.25, -0.2) is 0 Å². The number of ether oxygens (including phenoxy) is 1. The number of hydrogen-bond donors (Lipinski definition) is 1. The van der Waals surface area contributed by atoms with Crippen LogP contribution in [0.1, 0.15) is 59.3 Å². The standard InChI is InChI=1S/C15H29NO/c1-11(2)15-10-14(8-9-17-15)16-12(3)13-6-4-5-7-13/h11-16H,4-10H2,1-3H3/t12-,14?,15?/m0/s1. The van der Waals surface area contributed by atoms with E-state index in [1.807, 2.05) is 0 Å². The molecule has 0 aromatic rings. The minimum absolute atomic E-state index is 0.469. The van der Waals surface area contributed by atoms with Gasteiger partial charge in [-0.05, 0) is 44.4 Å². The van der Waals surface area contributed by atoms with Crippen LogP contribution in [-0.4, -0.2) is 24.8 Å². The summed E-state index contributed by atoms with van der Waals surface area (Å²) in [6.07, 6.45) is 8.63. The maximum absolute atomic E-state index is 5.84. The van der Waals surface area contributed by atoms with Crippen LogP contribution in [0.4, 0.5) is 0 Å². The summed E-state index contributed by atoms with van der Waals surface area (Å²) < 4.78 is 5.84. The van der Waals surface area contributed by atoms with E-state index in [0.717, 1.165) is 12.5 Å². The first-order chi connectivity index (χ1) is 8.16. The van der Waals surface area contributed by atoms with E-state index in [9.17, 15) is 0 Å². The molecule has 1 heterocycles. The second-order valence-corrected chi connectivity index (χ2v) is 6.37. The Bertz CT molecular complexity index is 223. The molecule has 2 heteroatoms. The minimum Gasteiger partial charge on any atom is -0.378 e. The minimum atomic E-state index is 0.469. The molecule has 2 rings (SSSR count). The number of nitrogens with one attached hydrogen (secondary N) is 1. The Morgan fingerprint density at radius 2 is 1.76 bits per heavy atom. The highest BCUT2D eigenvalue weighted by Gasteiger charge is 2.28. The maximum Gasteiger partial charge on any atom is 0.0612 e. The molecule has 3 atom stereocenters. The molecule has 0 bridgehead atoms. The van der Waals surface area contributed by atoms with Gasteiger partial charge in [0.15, 0.2) is 0 Å². The summed E-state index contributed by atoms with van der Waals surface area (Å²) >= 11 is 0. The third-order valence-electron chi connectivity index (χ3n) is 4.66. The molecule has 2 unspecified atom stereocenters. The highest BCUT2D eigenvalue weighted by molar-refractivity contribution is 4.84. The Labute approximate surface area is 107 Å². The quantitative estimate of drug-likeness (QED) is 0.812. The number of rotatable bonds is 4. The molecule has 1 aliphatic heterocycles. The summed E-state index contributed by atoms with van der Waals surface area (Å²) in [7, 11) is 0. The summed E-state index contributed by atoms with van der Waals surface area (Å²) in [6, 6.07) is 1.39. The fourth-order valence-electron chi connectivity index (χ4n) is 3.41. The molecule has 1 aliphatic carbocycles. The average Bonchev–Trinajstić information content (AvgIpc) is 2.82. The van der Waals surface area contributed by atoms with Crippen molar-refractivity contribution in [1.82, 2.24) is 5.32 Å². The van der Waals surface area contributed by atoms with Crippen molar-refractivity contribution in [3.63, 3.8) is 0 Å². The highest BCUT2D eigenvalue weighted by atomic mass is 16.5. The summed E-state index contributed by atoms with van der Waals surface area (Å²) in [5, 5.41) is 3.87. The molecule has 2 aliphatic rings. The first kappa shape index (κ1) is 13.4. The molecule has 100 valence electrons. The van der Waals surface area contributed by atoms with Crippen molar-refractivity contribution >= 4 is 0 Å². The van der Waals surface area contributed by atoms with Crippen molar-refractivity contribution in [3.8, 4) is 0 Å². The zero-order valence-electron chi connectivity index (χ0n) is 11.7. The van der Waals surface area contributed by atoms with Crippen LogP contribution in [0, 0.1) is 11.8 Å². The molecule has 0 radical (unpaired) electrons. The van der Waals surface area contributed by atoms with Gasteiger partial charge < -0.3 is 10.1 Å². The summed E-state index contributed by atoms with van der Waals surface area (Å²) in [5.41, 5.74) is 0. The SMILES string of the molecule is CC(C)C1CC(N[C@@H](C)C2CCCC2)CCO1. The van der Waals surface area contributed by atoms with Crippen molar-refractivity contribution in [2.45, 2.75) is 77.5 Å². The van der Waals surface area contributed by atoms with Crippen LogP contribution in [0.5, 0.6) is 0 Å². The first-order valence-electron chi connectivity index (χ1n) is 7.54. The molecule has 0 spiro atoms. The Kier molecular flexibility index (Phi) is 4.87. The van der Waals surface area contributed by atoms with Gasteiger partial charge >= 0.3 is 0 Å². The van der Waals surface area contributed by atoms with Crippen LogP contribution < -0.4 is 5.32 Å². The molecule has 2 nitrogen and oxygen atoms in total. The van der Waals surface area contributed by atoms with E-state index in [-0.39, 0.29) is 0 Å². The Morgan fingerprint density at radius 1 is 1.06 bits per heavy atom. The molecule has 1 saturated heterocycles. The Morgan fingerprint density at radius 3 is 2.41 bits per heavy atom. The molecule has 0 amide bonds. The van der Waals surface area contributed by atoms with E-state index in [0.29, 0.717) is 24.1 Å². The lowest BCUT2D eigenvalue weighted by Gasteiger charge is -2.35. The molecule has 1 saturated carbocycles. The lowest BCUT2D eigenvalue weighted by molar-refractivity contribution is -0.0265.